The molecule has 8 N–H and O–H groups in total. The van der Waals surface area contributed by atoms with Crippen LogP contribution in [0.25, 0.3) is 22.2 Å². The highest BCUT2D eigenvalue weighted by Gasteiger charge is 2.25. The third kappa shape index (κ3) is 6.04. The maximum absolute atomic E-state index is 12.9. The van der Waals surface area contributed by atoms with E-state index in [-0.39, 0.29) is 23.4 Å². The Morgan fingerprint density at radius 2 is 2.05 bits per heavy atom. The minimum Gasteiger partial charge on any atom is -0.554 e. The van der Waals surface area contributed by atoms with Gasteiger partial charge in [0.05, 0.1) is 19.6 Å². The number of guanidine groups is 1. The molecule has 3 heterocycles. The number of hydrogen-bond acceptors (Lipinski definition) is 8. The molecule has 0 fully saturated rings. The average Bonchev–Trinajstić information content (AvgIpc) is 3.45. The predicted octanol–water partition coefficient (Wildman–Crippen LogP) is -1.02. The third-order valence-electron chi connectivity index (χ3n) is 5.50. The fraction of sp³-hybridized carbons (Fsp3) is 0.304. The van der Waals surface area contributed by atoms with Gasteiger partial charge in [-0.3, -0.25) is 10.2 Å². The zero-order valence-electron chi connectivity index (χ0n) is 20.6. The number of aromatic amines is 1. The van der Waals surface area contributed by atoms with Gasteiger partial charge >= 0.3 is 0 Å². The molecule has 4 aromatic rings. The highest BCUT2D eigenvalue weighted by atomic mass is 16.5. The first-order chi connectivity index (χ1) is 17.8. The summed E-state index contributed by atoms with van der Waals surface area (Å²) in [5, 5.41) is 21.1. The van der Waals surface area contributed by atoms with Gasteiger partial charge in [0.1, 0.15) is 24.4 Å². The Balaban J connectivity index is 0.00000121. The summed E-state index contributed by atoms with van der Waals surface area (Å²) in [5.41, 5.74) is 14.5. The molecule has 0 saturated carbocycles. The number of imidazole rings is 1. The van der Waals surface area contributed by atoms with Crippen LogP contribution in [0.5, 0.6) is 5.75 Å². The van der Waals surface area contributed by atoms with Gasteiger partial charge < -0.3 is 41.7 Å². The molecule has 0 atom stereocenters. The van der Waals surface area contributed by atoms with Crippen LogP contribution in [0.3, 0.4) is 0 Å². The largest absolute Gasteiger partial charge is 0.554 e. The number of benzene rings is 1. The van der Waals surface area contributed by atoms with Crippen LogP contribution in [0, 0.1) is 5.41 Å². The van der Waals surface area contributed by atoms with Crippen LogP contribution < -0.4 is 36.5 Å². The highest BCUT2D eigenvalue weighted by molar-refractivity contribution is 5.98. The average molecular weight is 511 g/mol. The SMILES string of the molecule is CCn1c(CNC(=O)c2nc3cc[nH]c3nc2N)[n+](CC)c2ccc(OCCNC(=N)N)cc21.O=C[O-]. The molecule has 1 aromatic carbocycles. The molecule has 0 aliphatic carbocycles. The number of carboxylic acid groups (broad SMARTS) is 1. The Kier molecular flexibility index (Phi) is 8.81. The molecule has 0 aliphatic heterocycles. The molecular formula is C23H30N10O4. The summed E-state index contributed by atoms with van der Waals surface area (Å²) in [4.78, 5) is 32.6. The van der Waals surface area contributed by atoms with Crippen molar-refractivity contribution < 1.29 is 24.0 Å². The molecule has 196 valence electrons. The number of hydrogen-bond donors (Lipinski definition) is 6. The van der Waals surface area contributed by atoms with E-state index in [0.717, 1.165) is 23.4 Å². The molecule has 14 heteroatoms. The van der Waals surface area contributed by atoms with Crippen LogP contribution in [0.2, 0.25) is 0 Å². The van der Waals surface area contributed by atoms with Crippen LogP contribution in [0.1, 0.15) is 30.2 Å². The number of rotatable bonds is 9. The van der Waals surface area contributed by atoms with Crippen LogP contribution >= 0.6 is 0 Å². The maximum Gasteiger partial charge on any atom is 0.277 e. The number of anilines is 1. The van der Waals surface area contributed by atoms with Crippen molar-refractivity contribution in [2.75, 3.05) is 18.9 Å². The number of carbonyl (C=O) groups is 2. The summed E-state index contributed by atoms with van der Waals surface area (Å²) in [6.07, 6.45) is 1.70. The quantitative estimate of drug-likeness (QED) is 0.0533. The highest BCUT2D eigenvalue weighted by Crippen LogP contribution is 2.22. The number of aromatic nitrogens is 5. The van der Waals surface area contributed by atoms with E-state index in [2.05, 4.69) is 48.6 Å². The number of nitrogen functional groups attached to an aromatic ring is 1. The number of H-pyrrole nitrogens is 1. The lowest BCUT2D eigenvalue weighted by Gasteiger charge is -2.07. The Morgan fingerprint density at radius 1 is 1.30 bits per heavy atom. The topological polar surface area (TPSA) is 217 Å². The molecule has 14 nitrogen and oxygen atoms in total. The van der Waals surface area contributed by atoms with Crippen LogP contribution in [0.4, 0.5) is 5.82 Å². The molecule has 0 radical (unpaired) electrons. The van der Waals surface area contributed by atoms with E-state index in [9.17, 15) is 4.79 Å². The Bertz CT molecular complexity index is 1410. The molecule has 3 aromatic heterocycles. The molecular weight excluding hydrogens is 480 g/mol. The van der Waals surface area contributed by atoms with Gasteiger partial charge in [0.2, 0.25) is 0 Å². The molecule has 1 amide bonds. The summed E-state index contributed by atoms with van der Waals surface area (Å²) in [6, 6.07) is 7.64. The lowest BCUT2D eigenvalue weighted by Crippen LogP contribution is -2.40. The van der Waals surface area contributed by atoms with Crippen molar-refractivity contribution >= 4 is 46.4 Å². The van der Waals surface area contributed by atoms with Gasteiger partial charge in [0, 0.05) is 18.7 Å². The molecule has 0 aliphatic rings. The van der Waals surface area contributed by atoms with E-state index in [4.69, 9.17) is 31.5 Å². The van der Waals surface area contributed by atoms with Crippen molar-refractivity contribution in [3.8, 4) is 5.75 Å². The van der Waals surface area contributed by atoms with Crippen molar-refractivity contribution in [3.63, 3.8) is 0 Å². The van der Waals surface area contributed by atoms with Crippen molar-refractivity contribution in [2.24, 2.45) is 5.73 Å². The number of carbonyl (C=O) groups excluding carboxylic acids is 2. The third-order valence-corrected chi connectivity index (χ3v) is 5.50. The van der Waals surface area contributed by atoms with E-state index >= 15 is 0 Å². The normalized spacial score (nSPS) is 10.5. The fourth-order valence-corrected chi connectivity index (χ4v) is 4.01. The van der Waals surface area contributed by atoms with Gasteiger partial charge in [-0.15, -0.1) is 0 Å². The molecule has 0 saturated heterocycles. The first-order valence-electron chi connectivity index (χ1n) is 11.5. The zero-order valence-corrected chi connectivity index (χ0v) is 20.6. The minimum absolute atomic E-state index is 0.0768. The second-order valence-corrected chi connectivity index (χ2v) is 7.69. The number of fused-ring (bicyclic) bond motifs is 2. The second-order valence-electron chi connectivity index (χ2n) is 7.69. The number of nitrogens with two attached hydrogens (primary N) is 2. The standard InChI is InChI=1S/C22H28N10O2.CH2O2/c1-3-31-15-6-5-13(34-10-9-27-22(24)25)11-16(15)32(4-2)17(31)12-28-21(33)18-19(23)30-20-14(29-18)7-8-26-20;2-1-3/h5-8,11H,3-4,9-10,12H2,1-2H3,(H7-,23,24,25,26,27,28,29,30,33);1H,(H,2,3). The maximum atomic E-state index is 12.9. The summed E-state index contributed by atoms with van der Waals surface area (Å²) in [7, 11) is 0. The molecule has 4 rings (SSSR count). The first kappa shape index (κ1) is 26.7. The van der Waals surface area contributed by atoms with Gasteiger partial charge in [0.25, 0.3) is 11.7 Å². The Labute approximate surface area is 212 Å². The summed E-state index contributed by atoms with van der Waals surface area (Å²) >= 11 is 0. The molecule has 0 bridgehead atoms. The first-order valence-corrected chi connectivity index (χ1v) is 11.5. The van der Waals surface area contributed by atoms with Gasteiger partial charge in [-0.2, -0.15) is 0 Å². The zero-order chi connectivity index (χ0) is 26.9. The predicted molar refractivity (Wildman–Crippen MR) is 134 cm³/mol. The smallest absolute Gasteiger partial charge is 0.277 e. The van der Waals surface area contributed by atoms with Crippen molar-refractivity contribution in [1.29, 1.82) is 5.41 Å². The van der Waals surface area contributed by atoms with Crippen molar-refractivity contribution in [3.05, 3.63) is 42.0 Å². The van der Waals surface area contributed by atoms with E-state index in [1.165, 1.54) is 0 Å². The monoisotopic (exact) mass is 510 g/mol. The summed E-state index contributed by atoms with van der Waals surface area (Å²) in [6.45, 7) is 6.16. The summed E-state index contributed by atoms with van der Waals surface area (Å²) in [5.74, 6) is 1.26. The Hall–Kier alpha value is -4.88. The van der Waals surface area contributed by atoms with Crippen LogP contribution in [0.15, 0.2) is 30.5 Å². The van der Waals surface area contributed by atoms with Gasteiger partial charge in [-0.25, -0.2) is 19.1 Å². The number of nitrogens with zero attached hydrogens (tertiary/aromatic N) is 4. The minimum atomic E-state index is -0.500. The number of ether oxygens (including phenoxy) is 1. The Morgan fingerprint density at radius 3 is 2.73 bits per heavy atom. The number of aryl methyl sites for hydroxylation is 2. The van der Waals surface area contributed by atoms with Crippen LogP contribution in [-0.4, -0.2) is 51.0 Å². The van der Waals surface area contributed by atoms with Crippen molar-refractivity contribution in [2.45, 2.75) is 33.5 Å². The number of amides is 1. The van der Waals surface area contributed by atoms with Crippen LogP contribution in [-0.2, 0) is 24.4 Å². The van der Waals surface area contributed by atoms with E-state index < -0.39 is 6.47 Å². The summed E-state index contributed by atoms with van der Waals surface area (Å²) < 4.78 is 10.1. The molecule has 0 unspecified atom stereocenters. The number of nitrogens with one attached hydrogen (secondary N) is 4. The fourth-order valence-electron chi connectivity index (χ4n) is 4.01. The molecule has 37 heavy (non-hydrogen) atoms. The van der Waals surface area contributed by atoms with Crippen molar-refractivity contribution in [1.82, 2.24) is 30.2 Å². The van der Waals surface area contributed by atoms with Gasteiger partial charge in [-0.1, -0.05) is 0 Å². The lowest BCUT2D eigenvalue weighted by molar-refractivity contribution is -0.676. The second kappa shape index (κ2) is 12.2. The lowest BCUT2D eigenvalue weighted by atomic mass is 10.3. The van der Waals surface area contributed by atoms with E-state index in [0.29, 0.717) is 43.2 Å². The van der Waals surface area contributed by atoms with Gasteiger partial charge in [0.15, 0.2) is 34.2 Å². The van der Waals surface area contributed by atoms with E-state index in [1.807, 2.05) is 18.2 Å². The van der Waals surface area contributed by atoms with E-state index in [1.54, 1.807) is 12.3 Å². The molecule has 0 spiro atoms. The van der Waals surface area contributed by atoms with Gasteiger partial charge in [-0.05, 0) is 32.0 Å².